The van der Waals surface area contributed by atoms with Crippen LogP contribution in [0.15, 0.2) is 84.4 Å². The molecular formula is C36H31ClFN3O8. The zero-order valence-corrected chi connectivity index (χ0v) is 26.9. The Morgan fingerprint density at radius 3 is 2.39 bits per heavy atom. The van der Waals surface area contributed by atoms with Crippen molar-refractivity contribution in [3.63, 3.8) is 0 Å². The Hall–Kier alpha value is -5.07. The predicted octanol–water partition coefficient (Wildman–Crippen LogP) is 4.60. The van der Waals surface area contributed by atoms with E-state index in [9.17, 15) is 28.7 Å². The minimum atomic E-state index is -1.61. The minimum absolute atomic E-state index is 0.00794. The number of hydrogen-bond donors (Lipinski definition) is 2. The molecule has 2 aliphatic heterocycles. The molecule has 49 heavy (non-hydrogen) atoms. The second kappa shape index (κ2) is 12.4. The Labute approximate surface area is 285 Å². The number of benzene rings is 3. The molecule has 2 saturated heterocycles. The summed E-state index contributed by atoms with van der Waals surface area (Å²) in [7, 11) is 1.08. The Morgan fingerprint density at radius 1 is 0.980 bits per heavy atom. The van der Waals surface area contributed by atoms with Crippen molar-refractivity contribution in [3.8, 4) is 5.75 Å². The fourth-order valence-electron chi connectivity index (χ4n) is 8.28. The normalized spacial score (nSPS) is 27.3. The summed E-state index contributed by atoms with van der Waals surface area (Å²) in [6.45, 7) is -0.341. The van der Waals surface area contributed by atoms with E-state index in [1.54, 1.807) is 48.5 Å². The first kappa shape index (κ1) is 32.5. The van der Waals surface area contributed by atoms with Crippen LogP contribution in [-0.2, 0) is 29.3 Å². The van der Waals surface area contributed by atoms with Crippen LogP contribution in [0.3, 0.4) is 0 Å². The van der Waals surface area contributed by atoms with Crippen LogP contribution < -0.4 is 10.2 Å². The number of nitrogens with one attached hydrogen (secondary N) is 1. The molecule has 252 valence electrons. The van der Waals surface area contributed by atoms with Crippen LogP contribution in [0.1, 0.15) is 29.9 Å². The molecule has 0 aromatic heterocycles. The summed E-state index contributed by atoms with van der Waals surface area (Å²) in [6, 6.07) is 18.8. The lowest BCUT2D eigenvalue weighted by Crippen LogP contribution is -2.53. The monoisotopic (exact) mass is 687 g/mol. The van der Waals surface area contributed by atoms with Crippen molar-refractivity contribution in [1.29, 1.82) is 0 Å². The molecule has 13 heteroatoms. The lowest BCUT2D eigenvalue weighted by Gasteiger charge is -2.50. The van der Waals surface area contributed by atoms with E-state index in [1.165, 1.54) is 24.3 Å². The maximum Gasteiger partial charge on any atom is 0.423 e. The van der Waals surface area contributed by atoms with E-state index in [0.29, 0.717) is 38.1 Å². The largest absolute Gasteiger partial charge is 0.491 e. The van der Waals surface area contributed by atoms with Gasteiger partial charge in [-0.05, 0) is 66.8 Å². The third-order valence-corrected chi connectivity index (χ3v) is 10.4. The Balaban J connectivity index is 1.47. The molecule has 3 aromatic rings. The molecule has 0 unspecified atom stereocenters. The number of aliphatic hydroxyl groups is 1. The molecule has 7 rings (SSSR count). The number of nitrogens with zero attached hydrogens (tertiary/aromatic N) is 2. The summed E-state index contributed by atoms with van der Waals surface area (Å²) < 4.78 is 24.6. The fraction of sp³-hybridized carbons (Fsp3) is 0.306. The molecule has 0 radical (unpaired) electrons. The van der Waals surface area contributed by atoms with Gasteiger partial charge in [0.05, 0.1) is 42.6 Å². The van der Waals surface area contributed by atoms with Crippen LogP contribution in [0.2, 0.25) is 5.02 Å². The van der Waals surface area contributed by atoms with Crippen LogP contribution in [-0.4, -0.2) is 65.1 Å². The van der Waals surface area contributed by atoms with Gasteiger partial charge in [0, 0.05) is 16.5 Å². The van der Waals surface area contributed by atoms with E-state index in [1.807, 2.05) is 6.08 Å². The lowest BCUT2D eigenvalue weighted by molar-refractivity contribution is -0.140. The maximum atomic E-state index is 15.2. The Morgan fingerprint density at radius 2 is 1.69 bits per heavy atom. The first-order chi connectivity index (χ1) is 23.6. The first-order valence-electron chi connectivity index (χ1n) is 15.8. The molecular weight excluding hydrogens is 657 g/mol. The zero-order valence-electron chi connectivity index (χ0n) is 26.2. The van der Waals surface area contributed by atoms with Crippen LogP contribution in [0.4, 0.5) is 14.9 Å². The molecule has 2 N–H and O–H groups in total. The predicted molar refractivity (Wildman–Crippen MR) is 172 cm³/mol. The van der Waals surface area contributed by atoms with Gasteiger partial charge >= 0.3 is 6.09 Å². The van der Waals surface area contributed by atoms with E-state index < -0.39 is 70.5 Å². The number of allylic oxidation sites excluding steroid dienone is 2. The fourth-order valence-corrected chi connectivity index (χ4v) is 8.40. The van der Waals surface area contributed by atoms with Crippen molar-refractivity contribution in [1.82, 2.24) is 9.91 Å². The average molecular weight is 688 g/mol. The highest BCUT2D eigenvalue weighted by molar-refractivity contribution is 6.30. The Kier molecular flexibility index (Phi) is 8.24. The summed E-state index contributed by atoms with van der Waals surface area (Å²) in [5, 5.41) is 11.0. The van der Waals surface area contributed by atoms with Crippen molar-refractivity contribution < 1.29 is 42.9 Å². The van der Waals surface area contributed by atoms with Gasteiger partial charge in [-0.1, -0.05) is 53.6 Å². The standard InChI is InChI=1S/C36H31ClFN3O8/c1-48-35(47)40-31(43)25-15-14-23-26(29(25)33(40)45)18-27-32(44)41(39-22-12-10-21(38)11-13-22)34(46)36(27,19-6-8-20(37)9-7-19)30(23)24-4-2-3-5-28(24)49-17-16-42/h2-14,25-27,29-30,39,42H,15-18H2,1H3/t25-,26+,27-,29-,30+,36+/m0/s1. The van der Waals surface area contributed by atoms with E-state index in [4.69, 9.17) is 21.1 Å². The lowest BCUT2D eigenvalue weighted by atomic mass is 9.49. The average Bonchev–Trinajstić information content (AvgIpc) is 3.49. The summed E-state index contributed by atoms with van der Waals surface area (Å²) >= 11 is 6.32. The number of fused-ring (bicyclic) bond motifs is 4. The molecule has 3 aromatic carbocycles. The van der Waals surface area contributed by atoms with Gasteiger partial charge in [0.15, 0.2) is 0 Å². The SMILES string of the molecule is COC(=O)N1C(=O)[C@H]2[C@H](CC=C3[C@H]2C[C@H]2C(=O)N(Nc4ccc(F)cc4)C(=O)[C@@]2(c2ccc(Cl)cc2)[C@H]3c2ccccc2OCCO)C1=O. The second-order valence-corrected chi connectivity index (χ2v) is 12.9. The highest BCUT2D eigenvalue weighted by Gasteiger charge is 2.71. The van der Waals surface area contributed by atoms with Crippen molar-refractivity contribution >= 4 is 47.0 Å². The van der Waals surface area contributed by atoms with Crippen LogP contribution in [0.25, 0.3) is 0 Å². The number of hydrazine groups is 1. The van der Waals surface area contributed by atoms with E-state index in [0.717, 1.165) is 12.1 Å². The van der Waals surface area contributed by atoms with Gasteiger partial charge < -0.3 is 14.6 Å². The Bertz CT molecular complexity index is 1900. The van der Waals surface area contributed by atoms with Gasteiger partial charge in [0.25, 0.3) is 11.8 Å². The number of rotatable bonds is 7. The van der Waals surface area contributed by atoms with Crippen molar-refractivity contribution in [2.75, 3.05) is 25.7 Å². The molecule has 6 atom stereocenters. The molecule has 1 saturated carbocycles. The number of methoxy groups -OCH3 is 1. The maximum absolute atomic E-state index is 15.2. The van der Waals surface area contributed by atoms with Gasteiger partial charge in [0.1, 0.15) is 18.2 Å². The van der Waals surface area contributed by atoms with Crippen molar-refractivity contribution in [3.05, 3.63) is 106 Å². The molecule has 3 fully saturated rings. The number of hydrogen-bond acceptors (Lipinski definition) is 9. The van der Waals surface area contributed by atoms with Crippen molar-refractivity contribution in [2.24, 2.45) is 23.7 Å². The van der Waals surface area contributed by atoms with E-state index in [2.05, 4.69) is 5.43 Å². The molecule has 0 spiro atoms. The minimum Gasteiger partial charge on any atom is -0.491 e. The summed E-state index contributed by atoms with van der Waals surface area (Å²) in [5.41, 5.74) is 3.22. The van der Waals surface area contributed by atoms with Gasteiger partial charge in [-0.3, -0.25) is 24.6 Å². The molecule has 11 nitrogen and oxygen atoms in total. The highest BCUT2D eigenvalue weighted by atomic mass is 35.5. The van der Waals surface area contributed by atoms with Crippen LogP contribution in [0, 0.1) is 29.5 Å². The molecule has 0 bridgehead atoms. The summed E-state index contributed by atoms with van der Waals surface area (Å²) in [6.07, 6.45) is 0.850. The topological polar surface area (TPSA) is 143 Å². The number of imide groups is 4. The number of aliphatic hydroxyl groups excluding tert-OH is 1. The number of ether oxygens (including phenoxy) is 2. The number of anilines is 1. The van der Waals surface area contributed by atoms with E-state index >= 15 is 4.79 Å². The number of carbonyl (C=O) groups excluding carboxylic acids is 5. The van der Waals surface area contributed by atoms with E-state index in [-0.39, 0.29) is 26.1 Å². The van der Waals surface area contributed by atoms with Crippen molar-refractivity contribution in [2.45, 2.75) is 24.2 Å². The second-order valence-electron chi connectivity index (χ2n) is 12.5. The molecule has 2 heterocycles. The van der Waals surface area contributed by atoms with Gasteiger partial charge in [-0.25, -0.2) is 9.18 Å². The van der Waals surface area contributed by atoms with Gasteiger partial charge in [-0.2, -0.15) is 9.91 Å². The van der Waals surface area contributed by atoms with Gasteiger partial charge in [-0.15, -0.1) is 0 Å². The molecule has 4 aliphatic rings. The number of halogens is 2. The summed E-state index contributed by atoms with van der Waals surface area (Å²) in [5.74, 6) is -7.33. The third kappa shape index (κ3) is 4.92. The number of carbonyl (C=O) groups is 5. The molecule has 2 aliphatic carbocycles. The molecule has 5 amide bonds. The summed E-state index contributed by atoms with van der Waals surface area (Å²) in [4.78, 5) is 70.3. The number of para-hydroxylation sites is 1. The quantitative estimate of drug-likeness (QED) is 0.269. The number of amides is 5. The van der Waals surface area contributed by atoms with Crippen LogP contribution in [0.5, 0.6) is 5.75 Å². The highest BCUT2D eigenvalue weighted by Crippen LogP contribution is 2.65. The smallest absolute Gasteiger partial charge is 0.423 e. The van der Waals surface area contributed by atoms with Crippen LogP contribution >= 0.6 is 11.6 Å². The first-order valence-corrected chi connectivity index (χ1v) is 16.2. The third-order valence-electron chi connectivity index (χ3n) is 10.2. The number of likely N-dealkylation sites (tertiary alicyclic amines) is 1. The van der Waals surface area contributed by atoms with Gasteiger partial charge in [0.2, 0.25) is 11.8 Å². The zero-order chi connectivity index (χ0) is 34.6.